The lowest BCUT2D eigenvalue weighted by Crippen LogP contribution is -2.22. The Labute approximate surface area is 137 Å². The number of rotatable bonds is 5. The molecule has 1 aromatic carbocycles. The molecule has 22 heavy (non-hydrogen) atoms. The number of benzene rings is 1. The van der Waals surface area contributed by atoms with Gasteiger partial charge in [-0.3, -0.25) is 9.59 Å². The first-order chi connectivity index (χ1) is 10.4. The SMILES string of the molecule is CC(=O)Nc1cccc(SC(C)C(=O)Nc2nc(C)cs2)c1. The third kappa shape index (κ3) is 4.85. The smallest absolute Gasteiger partial charge is 0.239 e. The summed E-state index contributed by atoms with van der Waals surface area (Å²) in [6, 6.07) is 7.42. The average molecular weight is 335 g/mol. The van der Waals surface area contributed by atoms with Crippen molar-refractivity contribution in [1.29, 1.82) is 0 Å². The van der Waals surface area contributed by atoms with Crippen molar-refractivity contribution in [2.75, 3.05) is 10.6 Å². The molecule has 1 unspecified atom stereocenters. The van der Waals surface area contributed by atoms with E-state index >= 15 is 0 Å². The second-order valence-electron chi connectivity index (χ2n) is 4.75. The Morgan fingerprint density at radius 3 is 2.73 bits per heavy atom. The van der Waals surface area contributed by atoms with Gasteiger partial charge in [-0.1, -0.05) is 6.07 Å². The van der Waals surface area contributed by atoms with Gasteiger partial charge in [0.05, 0.1) is 10.9 Å². The molecule has 7 heteroatoms. The molecule has 1 heterocycles. The third-order valence-electron chi connectivity index (χ3n) is 2.69. The van der Waals surface area contributed by atoms with Crippen LogP contribution in [0.1, 0.15) is 19.5 Å². The van der Waals surface area contributed by atoms with Crippen LogP contribution in [0.3, 0.4) is 0 Å². The molecule has 0 aliphatic carbocycles. The number of anilines is 2. The monoisotopic (exact) mass is 335 g/mol. The van der Waals surface area contributed by atoms with E-state index in [4.69, 9.17) is 0 Å². The molecule has 0 bridgehead atoms. The minimum absolute atomic E-state index is 0.0933. The molecule has 0 aliphatic rings. The topological polar surface area (TPSA) is 71.1 Å². The van der Waals surface area contributed by atoms with Gasteiger partial charge in [-0.25, -0.2) is 4.98 Å². The van der Waals surface area contributed by atoms with Gasteiger partial charge in [0, 0.05) is 22.9 Å². The molecule has 2 N–H and O–H groups in total. The van der Waals surface area contributed by atoms with E-state index < -0.39 is 0 Å². The van der Waals surface area contributed by atoms with Gasteiger partial charge in [0.2, 0.25) is 11.8 Å². The average Bonchev–Trinajstić information content (AvgIpc) is 2.83. The molecule has 2 rings (SSSR count). The maximum atomic E-state index is 12.2. The molecule has 2 aromatic rings. The number of carbonyl (C=O) groups is 2. The molecule has 5 nitrogen and oxygen atoms in total. The molecular formula is C15H17N3O2S2. The van der Waals surface area contributed by atoms with Crippen molar-refractivity contribution in [3.8, 4) is 0 Å². The maximum Gasteiger partial charge on any atom is 0.239 e. The molecule has 2 amide bonds. The van der Waals surface area contributed by atoms with Gasteiger partial charge < -0.3 is 10.6 Å². The molecule has 116 valence electrons. The minimum atomic E-state index is -0.267. The highest BCUT2D eigenvalue weighted by atomic mass is 32.2. The van der Waals surface area contributed by atoms with Gasteiger partial charge in [-0.05, 0) is 32.0 Å². The minimum Gasteiger partial charge on any atom is -0.326 e. The largest absolute Gasteiger partial charge is 0.326 e. The summed E-state index contributed by atoms with van der Waals surface area (Å²) in [6.45, 7) is 5.19. The van der Waals surface area contributed by atoms with Gasteiger partial charge >= 0.3 is 0 Å². The normalized spacial score (nSPS) is 11.8. The Kier molecular flexibility index (Phi) is 5.57. The number of hydrogen-bond acceptors (Lipinski definition) is 5. The first-order valence-electron chi connectivity index (χ1n) is 6.71. The fourth-order valence-electron chi connectivity index (χ4n) is 1.73. The van der Waals surface area contributed by atoms with Gasteiger partial charge in [0.15, 0.2) is 5.13 Å². The summed E-state index contributed by atoms with van der Waals surface area (Å²) >= 11 is 2.84. The fourth-order valence-corrected chi connectivity index (χ4v) is 3.34. The van der Waals surface area contributed by atoms with Crippen molar-refractivity contribution in [1.82, 2.24) is 4.98 Å². The van der Waals surface area contributed by atoms with Gasteiger partial charge in [0.1, 0.15) is 0 Å². The van der Waals surface area contributed by atoms with E-state index in [-0.39, 0.29) is 17.1 Å². The molecule has 0 saturated heterocycles. The fraction of sp³-hybridized carbons (Fsp3) is 0.267. The van der Waals surface area contributed by atoms with Crippen LogP contribution in [0.4, 0.5) is 10.8 Å². The maximum absolute atomic E-state index is 12.2. The molecule has 0 spiro atoms. The van der Waals surface area contributed by atoms with E-state index in [1.165, 1.54) is 30.0 Å². The highest BCUT2D eigenvalue weighted by molar-refractivity contribution is 8.00. The number of nitrogens with zero attached hydrogens (tertiary/aromatic N) is 1. The zero-order valence-corrected chi connectivity index (χ0v) is 14.2. The number of aromatic nitrogens is 1. The van der Waals surface area contributed by atoms with Crippen LogP contribution in [0, 0.1) is 6.92 Å². The molecule has 0 aliphatic heterocycles. The number of hydrogen-bond donors (Lipinski definition) is 2. The van der Waals surface area contributed by atoms with E-state index in [1.54, 1.807) is 0 Å². The third-order valence-corrected chi connectivity index (χ3v) is 4.65. The molecule has 0 radical (unpaired) electrons. The summed E-state index contributed by atoms with van der Waals surface area (Å²) in [5.41, 5.74) is 1.62. The Morgan fingerprint density at radius 1 is 1.32 bits per heavy atom. The van der Waals surface area contributed by atoms with Crippen LogP contribution in [0.15, 0.2) is 34.5 Å². The van der Waals surface area contributed by atoms with Crippen LogP contribution in [0.5, 0.6) is 0 Å². The summed E-state index contributed by atoms with van der Waals surface area (Å²) in [4.78, 5) is 28.4. The van der Waals surface area contributed by atoms with Gasteiger partial charge in [0.25, 0.3) is 0 Å². The summed E-state index contributed by atoms with van der Waals surface area (Å²) in [5, 5.41) is 7.78. The lowest BCUT2D eigenvalue weighted by atomic mass is 10.3. The quantitative estimate of drug-likeness (QED) is 0.820. The van der Waals surface area contributed by atoms with Crippen LogP contribution in [0.25, 0.3) is 0 Å². The number of carbonyl (C=O) groups excluding carboxylic acids is 2. The Bertz CT molecular complexity index is 685. The molecule has 1 aromatic heterocycles. The number of aryl methyl sites for hydroxylation is 1. The van der Waals surface area contributed by atoms with Crippen LogP contribution in [-0.2, 0) is 9.59 Å². The summed E-state index contributed by atoms with van der Waals surface area (Å²) in [6.07, 6.45) is 0. The van der Waals surface area contributed by atoms with Crippen molar-refractivity contribution < 1.29 is 9.59 Å². The van der Waals surface area contributed by atoms with E-state index in [0.717, 1.165) is 16.3 Å². The number of thiazole rings is 1. The number of thioether (sulfide) groups is 1. The Hall–Kier alpha value is -1.86. The Balaban J connectivity index is 1.97. The molecule has 0 saturated carbocycles. The first-order valence-corrected chi connectivity index (χ1v) is 8.47. The van der Waals surface area contributed by atoms with Gasteiger partial charge in [-0.2, -0.15) is 0 Å². The Morgan fingerprint density at radius 2 is 2.09 bits per heavy atom. The van der Waals surface area contributed by atoms with Crippen molar-refractivity contribution >= 4 is 45.7 Å². The van der Waals surface area contributed by atoms with Crippen molar-refractivity contribution in [2.45, 2.75) is 30.9 Å². The molecule has 0 fully saturated rings. The number of amides is 2. The zero-order valence-electron chi connectivity index (χ0n) is 12.5. The predicted molar refractivity (Wildman–Crippen MR) is 91.5 cm³/mol. The number of nitrogens with one attached hydrogen (secondary N) is 2. The van der Waals surface area contributed by atoms with E-state index in [9.17, 15) is 9.59 Å². The van der Waals surface area contributed by atoms with Gasteiger partial charge in [-0.15, -0.1) is 23.1 Å². The summed E-state index contributed by atoms with van der Waals surface area (Å²) in [7, 11) is 0. The standard InChI is InChI=1S/C15H17N3O2S2/c1-9-8-21-15(16-9)18-14(20)10(2)22-13-6-4-5-12(7-13)17-11(3)19/h4-8,10H,1-3H3,(H,17,19)(H,16,18,20). The van der Waals surface area contributed by atoms with Crippen LogP contribution in [-0.4, -0.2) is 22.0 Å². The lowest BCUT2D eigenvalue weighted by molar-refractivity contribution is -0.115. The van der Waals surface area contributed by atoms with E-state index in [1.807, 2.05) is 43.5 Å². The second-order valence-corrected chi connectivity index (χ2v) is 7.02. The van der Waals surface area contributed by atoms with Crippen molar-refractivity contribution in [2.24, 2.45) is 0 Å². The predicted octanol–water partition coefficient (Wildman–Crippen LogP) is 3.53. The zero-order chi connectivity index (χ0) is 16.1. The van der Waals surface area contributed by atoms with Crippen molar-refractivity contribution in [3.63, 3.8) is 0 Å². The highest BCUT2D eigenvalue weighted by Gasteiger charge is 2.16. The van der Waals surface area contributed by atoms with Crippen LogP contribution >= 0.6 is 23.1 Å². The molecular weight excluding hydrogens is 318 g/mol. The van der Waals surface area contributed by atoms with Crippen LogP contribution < -0.4 is 10.6 Å². The van der Waals surface area contributed by atoms with Crippen molar-refractivity contribution in [3.05, 3.63) is 35.3 Å². The van der Waals surface area contributed by atoms with E-state index in [2.05, 4.69) is 15.6 Å². The molecule has 1 atom stereocenters. The summed E-state index contributed by atoms with van der Waals surface area (Å²) in [5.74, 6) is -0.212. The van der Waals surface area contributed by atoms with Crippen LogP contribution in [0.2, 0.25) is 0 Å². The van der Waals surface area contributed by atoms with E-state index in [0.29, 0.717) is 5.13 Å². The second kappa shape index (κ2) is 7.42. The first kappa shape index (κ1) is 16.5. The lowest BCUT2D eigenvalue weighted by Gasteiger charge is -2.11. The summed E-state index contributed by atoms with van der Waals surface area (Å²) < 4.78 is 0. The highest BCUT2D eigenvalue weighted by Crippen LogP contribution is 2.27.